The quantitative estimate of drug-likeness (QED) is 0.183. The van der Waals surface area contributed by atoms with E-state index in [9.17, 15) is 0 Å². The molecule has 0 saturated carbocycles. The van der Waals surface area contributed by atoms with Crippen LogP contribution in [0.2, 0.25) is 0 Å². The van der Waals surface area contributed by atoms with Crippen LogP contribution >= 0.6 is 24.0 Å². The van der Waals surface area contributed by atoms with E-state index in [1.54, 1.807) is 14.2 Å². The van der Waals surface area contributed by atoms with Crippen molar-refractivity contribution in [2.75, 3.05) is 73.5 Å². The predicted octanol–water partition coefficient (Wildman–Crippen LogP) is 0.876. The lowest BCUT2D eigenvalue weighted by atomic mass is 10.4. The number of rotatable bonds is 14. The molecule has 8 heteroatoms. The van der Waals surface area contributed by atoms with E-state index in [1.165, 1.54) is 0 Å². The van der Waals surface area contributed by atoms with Crippen LogP contribution in [0.15, 0.2) is 4.99 Å². The molecule has 134 valence electrons. The Morgan fingerprint density at radius 1 is 0.864 bits per heavy atom. The van der Waals surface area contributed by atoms with Crippen molar-refractivity contribution in [3.63, 3.8) is 0 Å². The second-order valence-electron chi connectivity index (χ2n) is 4.25. The van der Waals surface area contributed by atoms with Gasteiger partial charge in [0, 0.05) is 40.5 Å². The van der Waals surface area contributed by atoms with Crippen molar-refractivity contribution < 1.29 is 18.9 Å². The summed E-state index contributed by atoms with van der Waals surface area (Å²) in [6.45, 7) is 8.17. The number of ether oxygens (including phenoxy) is 4. The number of halogens is 1. The Kier molecular flexibility index (Phi) is 22.8. The second kappa shape index (κ2) is 20.8. The normalized spacial score (nSPS) is 11.1. The van der Waals surface area contributed by atoms with Crippen LogP contribution in [-0.2, 0) is 18.9 Å². The molecule has 0 aliphatic rings. The second-order valence-corrected chi connectivity index (χ2v) is 4.25. The number of nitrogens with zero attached hydrogens (tertiary/aromatic N) is 1. The van der Waals surface area contributed by atoms with E-state index in [1.807, 2.05) is 6.92 Å². The summed E-state index contributed by atoms with van der Waals surface area (Å²) in [6.07, 6.45) is 0.893. The Balaban J connectivity index is 0. The van der Waals surface area contributed by atoms with Crippen LogP contribution in [0.3, 0.4) is 0 Å². The molecule has 0 heterocycles. The Hall–Kier alpha value is -0.160. The molecule has 0 amide bonds. The van der Waals surface area contributed by atoms with Crippen LogP contribution < -0.4 is 10.6 Å². The zero-order valence-electron chi connectivity index (χ0n) is 14.1. The van der Waals surface area contributed by atoms with Gasteiger partial charge in [-0.05, 0) is 13.3 Å². The first-order valence-electron chi connectivity index (χ1n) is 7.50. The van der Waals surface area contributed by atoms with Crippen molar-refractivity contribution >= 4 is 29.9 Å². The van der Waals surface area contributed by atoms with Gasteiger partial charge >= 0.3 is 0 Å². The SMILES string of the molecule is CCNC(=NCCCOCCOC)NCCOCCOC.I. The monoisotopic (exact) mass is 433 g/mol. The molecular weight excluding hydrogens is 401 g/mol. The van der Waals surface area contributed by atoms with Gasteiger partial charge in [-0.2, -0.15) is 0 Å². The summed E-state index contributed by atoms with van der Waals surface area (Å²) in [5.74, 6) is 0.810. The zero-order valence-corrected chi connectivity index (χ0v) is 16.4. The number of hydrogen-bond donors (Lipinski definition) is 2. The molecule has 0 aliphatic heterocycles. The molecule has 0 bridgehead atoms. The van der Waals surface area contributed by atoms with Crippen LogP contribution in [0, 0.1) is 0 Å². The number of nitrogens with one attached hydrogen (secondary N) is 2. The lowest BCUT2D eigenvalue weighted by molar-refractivity contribution is 0.0702. The van der Waals surface area contributed by atoms with E-state index in [-0.39, 0.29) is 24.0 Å². The number of hydrogen-bond acceptors (Lipinski definition) is 5. The van der Waals surface area contributed by atoms with E-state index >= 15 is 0 Å². The van der Waals surface area contributed by atoms with Gasteiger partial charge < -0.3 is 29.6 Å². The summed E-state index contributed by atoms with van der Waals surface area (Å²) in [6, 6.07) is 0. The van der Waals surface area contributed by atoms with Crippen LogP contribution in [-0.4, -0.2) is 79.5 Å². The van der Waals surface area contributed by atoms with Gasteiger partial charge in [0.2, 0.25) is 0 Å². The van der Waals surface area contributed by atoms with Gasteiger partial charge in [-0.1, -0.05) is 0 Å². The number of guanidine groups is 1. The van der Waals surface area contributed by atoms with Crippen molar-refractivity contribution in [3.05, 3.63) is 0 Å². The first kappa shape index (κ1) is 24.1. The largest absolute Gasteiger partial charge is 0.382 e. The maximum absolute atomic E-state index is 5.38. The highest BCUT2D eigenvalue weighted by atomic mass is 127. The van der Waals surface area contributed by atoms with Crippen molar-refractivity contribution in [2.24, 2.45) is 4.99 Å². The van der Waals surface area contributed by atoms with E-state index in [2.05, 4.69) is 15.6 Å². The summed E-state index contributed by atoms with van der Waals surface area (Å²) in [5, 5.41) is 6.41. The van der Waals surface area contributed by atoms with Crippen molar-refractivity contribution in [1.29, 1.82) is 0 Å². The molecule has 0 radical (unpaired) electrons. The minimum absolute atomic E-state index is 0. The minimum Gasteiger partial charge on any atom is -0.382 e. The van der Waals surface area contributed by atoms with E-state index < -0.39 is 0 Å². The highest BCUT2D eigenvalue weighted by Gasteiger charge is 1.96. The predicted molar refractivity (Wildman–Crippen MR) is 99.4 cm³/mol. The minimum atomic E-state index is 0. The van der Waals surface area contributed by atoms with Crippen LogP contribution in [0.1, 0.15) is 13.3 Å². The lowest BCUT2D eigenvalue weighted by Gasteiger charge is -2.11. The molecule has 2 N–H and O–H groups in total. The third-order valence-corrected chi connectivity index (χ3v) is 2.46. The molecule has 0 rings (SSSR count). The first-order chi connectivity index (χ1) is 10.3. The van der Waals surface area contributed by atoms with Crippen molar-refractivity contribution in [2.45, 2.75) is 13.3 Å². The summed E-state index contributed by atoms with van der Waals surface area (Å²) in [4.78, 5) is 4.47. The van der Waals surface area contributed by atoms with Crippen molar-refractivity contribution in [1.82, 2.24) is 10.6 Å². The molecule has 0 unspecified atom stereocenters. The Labute approximate surface area is 151 Å². The fourth-order valence-electron chi connectivity index (χ4n) is 1.43. The highest BCUT2D eigenvalue weighted by Crippen LogP contribution is 1.85. The van der Waals surface area contributed by atoms with E-state index in [0.29, 0.717) is 39.6 Å². The number of aliphatic imine (C=N–C) groups is 1. The third kappa shape index (κ3) is 17.9. The molecule has 0 aliphatic carbocycles. The summed E-state index contributed by atoms with van der Waals surface area (Å²) < 4.78 is 20.6. The molecule has 0 aromatic rings. The average Bonchev–Trinajstić information content (AvgIpc) is 2.49. The van der Waals surface area contributed by atoms with Gasteiger partial charge in [0.1, 0.15) is 0 Å². The van der Waals surface area contributed by atoms with Crippen LogP contribution in [0.5, 0.6) is 0 Å². The van der Waals surface area contributed by atoms with Crippen LogP contribution in [0.25, 0.3) is 0 Å². The molecule has 22 heavy (non-hydrogen) atoms. The van der Waals surface area contributed by atoms with Crippen molar-refractivity contribution in [3.8, 4) is 0 Å². The molecule has 0 saturated heterocycles. The zero-order chi connectivity index (χ0) is 15.6. The first-order valence-corrected chi connectivity index (χ1v) is 7.50. The van der Waals surface area contributed by atoms with Gasteiger partial charge in [0.25, 0.3) is 0 Å². The summed E-state index contributed by atoms with van der Waals surface area (Å²) in [7, 11) is 3.33. The molecule has 0 fully saturated rings. The molecular formula is C14H32IN3O4. The average molecular weight is 433 g/mol. The van der Waals surface area contributed by atoms with Crippen LogP contribution in [0.4, 0.5) is 0 Å². The fraction of sp³-hybridized carbons (Fsp3) is 0.929. The Morgan fingerprint density at radius 2 is 1.50 bits per heavy atom. The number of methoxy groups -OCH3 is 2. The fourth-order valence-corrected chi connectivity index (χ4v) is 1.43. The summed E-state index contributed by atoms with van der Waals surface area (Å²) >= 11 is 0. The molecule has 7 nitrogen and oxygen atoms in total. The van der Waals surface area contributed by atoms with Gasteiger partial charge in [-0.25, -0.2) is 0 Å². The van der Waals surface area contributed by atoms with E-state index in [0.717, 1.165) is 32.0 Å². The van der Waals surface area contributed by atoms with Gasteiger partial charge in [-0.15, -0.1) is 24.0 Å². The molecule has 0 atom stereocenters. The van der Waals surface area contributed by atoms with Gasteiger partial charge in [0.05, 0.1) is 33.0 Å². The van der Waals surface area contributed by atoms with Gasteiger partial charge in [-0.3, -0.25) is 4.99 Å². The van der Waals surface area contributed by atoms with Gasteiger partial charge in [0.15, 0.2) is 5.96 Å². The lowest BCUT2D eigenvalue weighted by Crippen LogP contribution is -2.39. The highest BCUT2D eigenvalue weighted by molar-refractivity contribution is 14.0. The smallest absolute Gasteiger partial charge is 0.191 e. The Bertz CT molecular complexity index is 246. The van der Waals surface area contributed by atoms with E-state index in [4.69, 9.17) is 18.9 Å². The molecule has 0 spiro atoms. The maximum Gasteiger partial charge on any atom is 0.191 e. The summed E-state index contributed by atoms with van der Waals surface area (Å²) in [5.41, 5.74) is 0. The molecule has 0 aromatic heterocycles. The Morgan fingerprint density at radius 3 is 2.09 bits per heavy atom. The topological polar surface area (TPSA) is 73.3 Å². The standard InChI is InChI=1S/C14H31N3O4.HI/c1-4-15-14(17-7-9-21-13-11-19-3)16-6-5-8-20-12-10-18-2;/h4-13H2,1-3H3,(H2,15,16,17);1H. The molecule has 0 aromatic carbocycles. The third-order valence-electron chi connectivity index (χ3n) is 2.46. The maximum atomic E-state index is 5.38.